The second-order valence-corrected chi connectivity index (χ2v) is 4.78. The van der Waals surface area contributed by atoms with Crippen LogP contribution < -0.4 is 0 Å². The van der Waals surface area contributed by atoms with Crippen LogP contribution in [-0.4, -0.2) is 0 Å². The molecular weight excluding hydrogens is 285 g/mol. The van der Waals surface area contributed by atoms with Crippen molar-refractivity contribution < 1.29 is 13.2 Å². The predicted molar refractivity (Wildman–Crippen MR) is 84.0 cm³/mol. The molecular formula is C19H19F3. The van der Waals surface area contributed by atoms with Gasteiger partial charge in [0, 0.05) is 12.0 Å². The van der Waals surface area contributed by atoms with E-state index in [1.165, 1.54) is 37.5 Å². The summed E-state index contributed by atoms with van der Waals surface area (Å²) in [5, 5.41) is 0. The summed E-state index contributed by atoms with van der Waals surface area (Å²) >= 11 is 0. The van der Waals surface area contributed by atoms with Gasteiger partial charge in [0.15, 0.2) is 0 Å². The number of hydrogen-bond acceptors (Lipinski definition) is 0. The first-order valence-corrected chi connectivity index (χ1v) is 7.37. The van der Waals surface area contributed by atoms with Gasteiger partial charge in [-0.2, -0.15) is 13.2 Å². The molecule has 0 aliphatic heterocycles. The number of hydrogen-bond donors (Lipinski definition) is 0. The Hall–Kier alpha value is -2.13. The topological polar surface area (TPSA) is 0 Å². The molecule has 0 spiro atoms. The average molecular weight is 304 g/mol. The molecule has 0 bridgehead atoms. The molecule has 3 heteroatoms. The predicted octanol–water partition coefficient (Wildman–Crippen LogP) is 5.59. The Kier molecular flexibility index (Phi) is 7.94. The van der Waals surface area contributed by atoms with Crippen LogP contribution in [0.1, 0.15) is 50.2 Å². The lowest BCUT2D eigenvalue weighted by molar-refractivity contribution is -0.137. The number of unbranched alkanes of at least 4 members (excludes halogenated alkanes) is 4. The third-order valence-corrected chi connectivity index (χ3v) is 2.95. The Morgan fingerprint density at radius 1 is 1.00 bits per heavy atom. The Labute approximate surface area is 130 Å². The van der Waals surface area contributed by atoms with E-state index < -0.39 is 11.7 Å². The van der Waals surface area contributed by atoms with Gasteiger partial charge in [0.25, 0.3) is 0 Å². The maximum absolute atomic E-state index is 12.7. The van der Waals surface area contributed by atoms with Gasteiger partial charge in [-0.3, -0.25) is 0 Å². The molecule has 0 atom stereocenters. The lowest BCUT2D eigenvalue weighted by Gasteiger charge is -2.07. The van der Waals surface area contributed by atoms with Gasteiger partial charge in [0.05, 0.1) is 5.56 Å². The maximum atomic E-state index is 12.7. The van der Waals surface area contributed by atoms with Gasteiger partial charge in [-0.05, 0) is 30.7 Å². The summed E-state index contributed by atoms with van der Waals surface area (Å²) in [6.45, 7) is 2.16. The van der Waals surface area contributed by atoms with Gasteiger partial charge in [-0.1, -0.05) is 62.0 Å². The van der Waals surface area contributed by atoms with Gasteiger partial charge in [-0.15, -0.1) is 0 Å². The first-order valence-electron chi connectivity index (χ1n) is 7.37. The summed E-state index contributed by atoms with van der Waals surface area (Å²) in [7, 11) is 0. The fourth-order valence-electron chi connectivity index (χ4n) is 1.81. The van der Waals surface area contributed by atoms with E-state index in [-0.39, 0.29) is 5.56 Å². The monoisotopic (exact) mass is 304 g/mol. The van der Waals surface area contributed by atoms with Crippen molar-refractivity contribution in [3.05, 3.63) is 47.5 Å². The highest BCUT2D eigenvalue weighted by Crippen LogP contribution is 2.31. The maximum Gasteiger partial charge on any atom is 0.417 e. The molecule has 1 aromatic rings. The second-order valence-electron chi connectivity index (χ2n) is 4.78. The molecule has 0 saturated carbocycles. The second kappa shape index (κ2) is 9.74. The minimum atomic E-state index is -4.38. The molecule has 0 aromatic heterocycles. The molecule has 22 heavy (non-hydrogen) atoms. The number of halogens is 3. The van der Waals surface area contributed by atoms with E-state index >= 15 is 0 Å². The van der Waals surface area contributed by atoms with Crippen molar-refractivity contribution in [2.75, 3.05) is 0 Å². The van der Waals surface area contributed by atoms with E-state index in [0.717, 1.165) is 18.9 Å². The van der Waals surface area contributed by atoms with Crippen LogP contribution in [0.15, 0.2) is 36.4 Å². The highest BCUT2D eigenvalue weighted by Gasteiger charge is 2.32. The lowest BCUT2D eigenvalue weighted by atomic mass is 10.1. The summed E-state index contributed by atoms with van der Waals surface area (Å²) in [5.74, 6) is 10.9. The molecule has 0 fully saturated rings. The van der Waals surface area contributed by atoms with Crippen molar-refractivity contribution in [1.82, 2.24) is 0 Å². The first kappa shape index (κ1) is 17.9. The zero-order valence-corrected chi connectivity index (χ0v) is 12.6. The largest absolute Gasteiger partial charge is 0.417 e. The van der Waals surface area contributed by atoms with Crippen molar-refractivity contribution in [2.24, 2.45) is 0 Å². The van der Waals surface area contributed by atoms with Crippen molar-refractivity contribution >= 4 is 0 Å². The lowest BCUT2D eigenvalue weighted by Crippen LogP contribution is -2.07. The highest BCUT2D eigenvalue weighted by atomic mass is 19.4. The van der Waals surface area contributed by atoms with Gasteiger partial charge in [0.1, 0.15) is 0 Å². The highest BCUT2D eigenvalue weighted by molar-refractivity contribution is 5.44. The molecule has 0 saturated heterocycles. The molecule has 0 nitrogen and oxygen atoms in total. The normalized spacial score (nSPS) is 10.7. The molecule has 0 N–H and O–H groups in total. The van der Waals surface area contributed by atoms with E-state index in [9.17, 15) is 13.2 Å². The standard InChI is InChI=1S/C19H19F3/c1-2-3-4-5-6-7-8-9-10-11-14-17-15-12-13-16-18(17)19(20,21)22/h9-10,12-13,15-16H,2-6H2,1H3. The van der Waals surface area contributed by atoms with Crippen LogP contribution in [0.2, 0.25) is 0 Å². The van der Waals surface area contributed by atoms with E-state index in [4.69, 9.17) is 0 Å². The van der Waals surface area contributed by atoms with Crippen molar-refractivity contribution in [3.8, 4) is 23.7 Å². The summed E-state index contributed by atoms with van der Waals surface area (Å²) in [6.07, 6.45) is 4.20. The fourth-order valence-corrected chi connectivity index (χ4v) is 1.81. The van der Waals surface area contributed by atoms with Gasteiger partial charge < -0.3 is 0 Å². The minimum absolute atomic E-state index is 0.0211. The van der Waals surface area contributed by atoms with Crippen LogP contribution in [0.5, 0.6) is 0 Å². The number of rotatable bonds is 4. The van der Waals surface area contributed by atoms with Crippen LogP contribution in [0.4, 0.5) is 13.2 Å². The molecule has 0 aliphatic carbocycles. The Morgan fingerprint density at radius 3 is 2.45 bits per heavy atom. The summed E-state index contributed by atoms with van der Waals surface area (Å²) in [5.41, 5.74) is -0.731. The number of alkyl halides is 3. The molecule has 0 aliphatic rings. The van der Waals surface area contributed by atoms with Crippen LogP contribution in [0.3, 0.4) is 0 Å². The van der Waals surface area contributed by atoms with Gasteiger partial charge in [-0.25, -0.2) is 0 Å². The van der Waals surface area contributed by atoms with Crippen molar-refractivity contribution in [3.63, 3.8) is 0 Å². The third-order valence-electron chi connectivity index (χ3n) is 2.95. The Balaban J connectivity index is 2.55. The van der Waals surface area contributed by atoms with Crippen LogP contribution in [0, 0.1) is 23.7 Å². The van der Waals surface area contributed by atoms with Crippen molar-refractivity contribution in [2.45, 2.75) is 45.2 Å². The smallest absolute Gasteiger partial charge is 0.166 e. The summed E-state index contributed by atoms with van der Waals surface area (Å²) in [4.78, 5) is 0. The SMILES string of the molecule is CCCCCCC#CC=CC#Cc1ccccc1C(F)(F)F. The van der Waals surface area contributed by atoms with Gasteiger partial charge >= 0.3 is 6.18 Å². The van der Waals surface area contributed by atoms with Crippen LogP contribution >= 0.6 is 0 Å². The third kappa shape index (κ3) is 7.04. The first-order chi connectivity index (χ1) is 10.6. The Morgan fingerprint density at radius 2 is 1.73 bits per heavy atom. The molecule has 1 aromatic carbocycles. The van der Waals surface area contributed by atoms with E-state index in [0.29, 0.717) is 0 Å². The number of allylic oxidation sites excluding steroid dienone is 2. The average Bonchev–Trinajstić information content (AvgIpc) is 2.48. The Bertz CT molecular complexity index is 601. The molecule has 116 valence electrons. The van der Waals surface area contributed by atoms with Crippen LogP contribution in [-0.2, 0) is 6.18 Å². The van der Waals surface area contributed by atoms with E-state index in [1.54, 1.807) is 12.1 Å². The quantitative estimate of drug-likeness (QED) is 0.502. The van der Waals surface area contributed by atoms with Gasteiger partial charge in [0.2, 0.25) is 0 Å². The van der Waals surface area contributed by atoms with E-state index in [1.807, 2.05) is 0 Å². The number of benzene rings is 1. The molecule has 0 amide bonds. The minimum Gasteiger partial charge on any atom is -0.166 e. The zero-order valence-electron chi connectivity index (χ0n) is 12.6. The zero-order chi connectivity index (χ0) is 16.3. The van der Waals surface area contributed by atoms with Crippen molar-refractivity contribution in [1.29, 1.82) is 0 Å². The molecule has 0 radical (unpaired) electrons. The summed E-state index contributed by atoms with van der Waals surface area (Å²) in [6, 6.07) is 5.29. The molecule has 0 heterocycles. The fraction of sp³-hybridized carbons (Fsp3) is 0.368. The molecule has 1 rings (SSSR count). The van der Waals surface area contributed by atoms with Crippen LogP contribution in [0.25, 0.3) is 0 Å². The summed E-state index contributed by atoms with van der Waals surface area (Å²) < 4.78 is 38.2. The molecule has 0 unspecified atom stereocenters. The van der Waals surface area contributed by atoms with E-state index in [2.05, 4.69) is 30.6 Å².